The number of carbonyl (C=O) groups is 2. The second-order valence-corrected chi connectivity index (χ2v) is 6.19. The van der Waals surface area contributed by atoms with Crippen LogP contribution in [-0.4, -0.2) is 26.8 Å². The van der Waals surface area contributed by atoms with E-state index in [1.165, 1.54) is 0 Å². The summed E-state index contributed by atoms with van der Waals surface area (Å²) in [5, 5.41) is 7.50. The third-order valence-corrected chi connectivity index (χ3v) is 4.10. The molecule has 0 saturated carbocycles. The summed E-state index contributed by atoms with van der Waals surface area (Å²) in [5.41, 5.74) is 1.66. The number of hydrogen-bond acceptors (Lipinski definition) is 6. The molecule has 2 aromatic carbocycles. The van der Waals surface area contributed by atoms with Crippen molar-refractivity contribution in [1.82, 2.24) is 14.8 Å². The topological polar surface area (TPSA) is 83.3 Å². The first kappa shape index (κ1) is 18.1. The minimum atomic E-state index is -0.749. The predicted molar refractivity (Wildman–Crippen MR) is 100 cm³/mol. The second kappa shape index (κ2) is 8.56. The molecular formula is C18H14IN3O4. The first-order valence-corrected chi connectivity index (χ1v) is 8.76. The van der Waals surface area contributed by atoms with Gasteiger partial charge < -0.3 is 9.47 Å². The zero-order valence-electron chi connectivity index (χ0n) is 13.5. The maximum atomic E-state index is 12.3. The van der Waals surface area contributed by atoms with Gasteiger partial charge >= 0.3 is 12.1 Å². The Morgan fingerprint density at radius 2 is 1.38 bits per heavy atom. The summed E-state index contributed by atoms with van der Waals surface area (Å²) in [6.07, 6.45) is -0.741. The summed E-state index contributed by atoms with van der Waals surface area (Å²) in [7, 11) is 0. The van der Waals surface area contributed by atoms with E-state index >= 15 is 0 Å². The molecule has 0 aliphatic carbocycles. The van der Waals surface area contributed by atoms with Crippen LogP contribution in [0.5, 0.6) is 0 Å². The third kappa shape index (κ3) is 4.45. The first-order chi connectivity index (χ1) is 12.6. The molecule has 0 N–H and O–H groups in total. The van der Waals surface area contributed by atoms with Gasteiger partial charge in [-0.25, -0.2) is 9.59 Å². The summed E-state index contributed by atoms with van der Waals surface area (Å²) in [4.78, 5) is 24.6. The molecule has 3 aromatic rings. The standard InChI is InChI=1S/C18H14IN3O4/c19-17-21-20-15(16(23)25-11-13-7-3-1-4-8-13)22(17)18(24)26-12-14-9-5-2-6-10-14/h1-10H,11-12H2. The molecule has 0 atom stereocenters. The van der Waals surface area contributed by atoms with Crippen LogP contribution in [0.1, 0.15) is 21.7 Å². The lowest BCUT2D eigenvalue weighted by Gasteiger charge is -2.08. The van der Waals surface area contributed by atoms with Crippen molar-refractivity contribution >= 4 is 34.7 Å². The second-order valence-electron chi connectivity index (χ2n) is 5.23. The molecule has 0 spiro atoms. The fourth-order valence-electron chi connectivity index (χ4n) is 2.13. The van der Waals surface area contributed by atoms with Crippen molar-refractivity contribution in [2.75, 3.05) is 0 Å². The van der Waals surface area contributed by atoms with Crippen LogP contribution < -0.4 is 0 Å². The number of benzene rings is 2. The molecule has 0 bridgehead atoms. The summed E-state index contributed by atoms with van der Waals surface area (Å²) in [5.74, 6) is -0.968. The highest BCUT2D eigenvalue weighted by molar-refractivity contribution is 14.1. The Balaban J connectivity index is 1.67. The SMILES string of the molecule is O=C(OCc1ccccc1)c1nnc(I)n1C(=O)OCc1ccccc1. The van der Waals surface area contributed by atoms with Gasteiger partial charge in [-0.1, -0.05) is 60.7 Å². The number of ether oxygens (including phenoxy) is 2. The lowest BCUT2D eigenvalue weighted by Crippen LogP contribution is -2.22. The highest BCUT2D eigenvalue weighted by atomic mass is 127. The van der Waals surface area contributed by atoms with Crippen LogP contribution in [0.4, 0.5) is 4.79 Å². The van der Waals surface area contributed by atoms with Crippen molar-refractivity contribution in [3.05, 3.63) is 81.4 Å². The molecule has 1 heterocycles. The van der Waals surface area contributed by atoms with Crippen LogP contribution >= 0.6 is 22.6 Å². The van der Waals surface area contributed by atoms with Gasteiger partial charge in [0, 0.05) is 22.6 Å². The monoisotopic (exact) mass is 463 g/mol. The molecule has 3 rings (SSSR count). The van der Waals surface area contributed by atoms with E-state index in [2.05, 4.69) is 10.2 Å². The maximum Gasteiger partial charge on any atom is 0.422 e. The Labute approximate surface area is 163 Å². The van der Waals surface area contributed by atoms with Crippen LogP contribution in [-0.2, 0) is 22.7 Å². The van der Waals surface area contributed by atoms with E-state index in [-0.39, 0.29) is 22.9 Å². The summed E-state index contributed by atoms with van der Waals surface area (Å²) >= 11 is 1.80. The Kier molecular flexibility index (Phi) is 5.95. The van der Waals surface area contributed by atoms with E-state index in [9.17, 15) is 9.59 Å². The van der Waals surface area contributed by atoms with Crippen LogP contribution in [0.25, 0.3) is 0 Å². The highest BCUT2D eigenvalue weighted by Gasteiger charge is 2.25. The van der Waals surface area contributed by atoms with Crippen LogP contribution in [0, 0.1) is 3.83 Å². The summed E-state index contributed by atoms with van der Waals surface area (Å²) in [6, 6.07) is 18.4. The van der Waals surface area contributed by atoms with Gasteiger partial charge in [-0.15, -0.1) is 10.2 Å². The number of carbonyl (C=O) groups excluding carboxylic acids is 2. The third-order valence-electron chi connectivity index (χ3n) is 3.41. The van der Waals surface area contributed by atoms with Gasteiger partial charge in [0.05, 0.1) is 0 Å². The normalized spacial score (nSPS) is 10.3. The fraction of sp³-hybridized carbons (Fsp3) is 0.111. The van der Waals surface area contributed by atoms with Crippen molar-refractivity contribution in [3.8, 4) is 0 Å². The molecule has 0 aliphatic heterocycles. The lowest BCUT2D eigenvalue weighted by atomic mass is 10.2. The zero-order valence-corrected chi connectivity index (χ0v) is 15.7. The summed E-state index contributed by atoms with van der Waals surface area (Å²) < 4.78 is 11.7. The molecule has 0 aliphatic rings. The molecule has 0 fully saturated rings. The zero-order chi connectivity index (χ0) is 18.4. The van der Waals surface area contributed by atoms with Crippen molar-refractivity contribution in [1.29, 1.82) is 0 Å². The van der Waals surface area contributed by atoms with Gasteiger partial charge in [0.2, 0.25) is 3.83 Å². The van der Waals surface area contributed by atoms with Gasteiger partial charge in [0.25, 0.3) is 5.82 Å². The lowest BCUT2D eigenvalue weighted by molar-refractivity contribution is 0.0448. The number of halogens is 1. The van der Waals surface area contributed by atoms with Gasteiger partial charge in [-0.05, 0) is 11.1 Å². The van der Waals surface area contributed by atoms with Gasteiger partial charge in [0.1, 0.15) is 13.2 Å². The molecule has 0 unspecified atom stereocenters. The molecule has 132 valence electrons. The molecule has 1 aromatic heterocycles. The maximum absolute atomic E-state index is 12.3. The highest BCUT2D eigenvalue weighted by Crippen LogP contribution is 2.11. The van der Waals surface area contributed by atoms with Crippen molar-refractivity contribution in [2.24, 2.45) is 0 Å². The predicted octanol–water partition coefficient (Wildman–Crippen LogP) is 3.42. The van der Waals surface area contributed by atoms with E-state index in [0.717, 1.165) is 15.7 Å². The van der Waals surface area contributed by atoms with Crippen LogP contribution in [0.3, 0.4) is 0 Å². The van der Waals surface area contributed by atoms with E-state index in [0.29, 0.717) is 0 Å². The van der Waals surface area contributed by atoms with Crippen molar-refractivity contribution in [2.45, 2.75) is 13.2 Å². The first-order valence-electron chi connectivity index (χ1n) is 7.68. The van der Waals surface area contributed by atoms with Gasteiger partial charge in [-0.3, -0.25) is 0 Å². The molecule has 8 heteroatoms. The van der Waals surface area contributed by atoms with Crippen LogP contribution in [0.2, 0.25) is 0 Å². The number of nitrogens with zero attached hydrogens (tertiary/aromatic N) is 3. The Morgan fingerprint density at radius 1 is 0.846 bits per heavy atom. The summed E-state index contributed by atoms with van der Waals surface area (Å²) in [6.45, 7) is 0.147. The molecule has 0 saturated heterocycles. The molecule has 0 amide bonds. The van der Waals surface area contributed by atoms with Gasteiger partial charge in [-0.2, -0.15) is 4.57 Å². The van der Waals surface area contributed by atoms with Crippen molar-refractivity contribution in [3.63, 3.8) is 0 Å². The Morgan fingerprint density at radius 3 is 1.96 bits per heavy atom. The van der Waals surface area contributed by atoms with Crippen molar-refractivity contribution < 1.29 is 19.1 Å². The number of aromatic nitrogens is 3. The van der Waals surface area contributed by atoms with E-state index in [4.69, 9.17) is 9.47 Å². The molecular weight excluding hydrogens is 449 g/mol. The molecule has 0 radical (unpaired) electrons. The van der Waals surface area contributed by atoms with E-state index < -0.39 is 12.1 Å². The minimum Gasteiger partial charge on any atom is -0.455 e. The molecule has 7 nitrogen and oxygen atoms in total. The number of rotatable bonds is 5. The van der Waals surface area contributed by atoms with Gasteiger partial charge in [0.15, 0.2) is 0 Å². The Hall–Kier alpha value is -2.75. The number of esters is 1. The van der Waals surface area contributed by atoms with Crippen LogP contribution in [0.15, 0.2) is 60.7 Å². The Bertz CT molecular complexity index is 897. The largest absolute Gasteiger partial charge is 0.455 e. The molecule has 26 heavy (non-hydrogen) atoms. The average molecular weight is 463 g/mol. The van der Waals surface area contributed by atoms with E-state index in [1.807, 2.05) is 60.7 Å². The van der Waals surface area contributed by atoms with E-state index in [1.54, 1.807) is 22.6 Å². The smallest absolute Gasteiger partial charge is 0.422 e. The fourth-order valence-corrected chi connectivity index (χ4v) is 2.66. The number of hydrogen-bond donors (Lipinski definition) is 0. The minimum absolute atomic E-state index is 0.0716. The average Bonchev–Trinajstić information content (AvgIpc) is 3.07. The quantitative estimate of drug-likeness (QED) is 0.426.